The number of carbonyl (C=O) groups is 1. The molecule has 2 atom stereocenters. The van der Waals surface area contributed by atoms with Gasteiger partial charge in [0.2, 0.25) is 0 Å². The van der Waals surface area contributed by atoms with Crippen LogP contribution in [-0.4, -0.2) is 32.9 Å². The summed E-state index contributed by atoms with van der Waals surface area (Å²) in [6.45, 7) is 2.63. The molecule has 1 aliphatic carbocycles. The van der Waals surface area contributed by atoms with Crippen LogP contribution >= 0.6 is 0 Å². The molecule has 6 heteroatoms. The summed E-state index contributed by atoms with van der Waals surface area (Å²) < 4.78 is 2.08. The molecule has 0 aliphatic heterocycles. The topological polar surface area (TPSA) is 76.7 Å². The smallest absolute Gasteiger partial charge is 0.303 e. The van der Waals surface area contributed by atoms with E-state index >= 15 is 0 Å². The molecule has 0 saturated heterocycles. The number of carboxylic acid groups (broad SMARTS) is 1. The third kappa shape index (κ3) is 4.07. The van der Waals surface area contributed by atoms with Gasteiger partial charge < -0.3 is 14.5 Å². The fourth-order valence-electron chi connectivity index (χ4n) is 3.37. The number of oxime groups is 1. The lowest BCUT2D eigenvalue weighted by molar-refractivity contribution is -0.137. The van der Waals surface area contributed by atoms with Gasteiger partial charge in [-0.2, -0.15) is 0 Å². The fourth-order valence-corrected chi connectivity index (χ4v) is 3.37. The Labute approximate surface area is 147 Å². The number of unbranched alkanes of at least 4 members (excludes halogenated alkanes) is 1. The highest BCUT2D eigenvalue weighted by atomic mass is 16.6. The van der Waals surface area contributed by atoms with Crippen molar-refractivity contribution in [2.45, 2.75) is 38.6 Å². The number of benzene rings is 1. The maximum Gasteiger partial charge on any atom is 0.303 e. The highest BCUT2D eigenvalue weighted by molar-refractivity contribution is 6.05. The van der Waals surface area contributed by atoms with Gasteiger partial charge >= 0.3 is 5.97 Å². The van der Waals surface area contributed by atoms with E-state index < -0.39 is 5.97 Å². The molecular weight excluding hydrogens is 318 g/mol. The molecule has 0 radical (unpaired) electrons. The Kier molecular flexibility index (Phi) is 5.48. The standard InChI is InChI=1S/C19H23N3O3/c1-14-12-15-6-2-3-7-16(15)18(19(14)22-10-9-20-13-22)21-25-11-5-4-8-17(23)24/h2-3,6-7,9-10,13-14,19H,4-5,8,11-12H2,1H3,(H,23,24)/b21-18+. The minimum atomic E-state index is -0.776. The van der Waals surface area contributed by atoms with Crippen LogP contribution in [0.1, 0.15) is 43.4 Å². The average Bonchev–Trinajstić information content (AvgIpc) is 3.11. The highest BCUT2D eigenvalue weighted by Gasteiger charge is 2.32. The summed E-state index contributed by atoms with van der Waals surface area (Å²) in [5.41, 5.74) is 3.30. The van der Waals surface area contributed by atoms with Crippen LogP contribution in [0.4, 0.5) is 0 Å². The zero-order valence-corrected chi connectivity index (χ0v) is 14.3. The van der Waals surface area contributed by atoms with Crippen LogP contribution in [0.3, 0.4) is 0 Å². The van der Waals surface area contributed by atoms with Gasteiger partial charge in [-0.1, -0.05) is 36.3 Å². The Balaban J connectivity index is 1.78. The summed E-state index contributed by atoms with van der Waals surface area (Å²) in [4.78, 5) is 20.3. The Morgan fingerprint density at radius 1 is 1.40 bits per heavy atom. The zero-order valence-electron chi connectivity index (χ0n) is 14.3. The van der Waals surface area contributed by atoms with E-state index in [4.69, 9.17) is 9.94 Å². The first kappa shape index (κ1) is 17.2. The second-order valence-corrected chi connectivity index (χ2v) is 6.45. The maximum absolute atomic E-state index is 10.6. The second-order valence-electron chi connectivity index (χ2n) is 6.45. The van der Waals surface area contributed by atoms with Crippen LogP contribution in [0, 0.1) is 5.92 Å². The first-order chi connectivity index (χ1) is 12.2. The molecule has 2 unspecified atom stereocenters. The average molecular weight is 341 g/mol. The van der Waals surface area contributed by atoms with E-state index in [2.05, 4.69) is 33.8 Å². The van der Waals surface area contributed by atoms with Crippen molar-refractivity contribution in [2.24, 2.45) is 11.1 Å². The highest BCUT2D eigenvalue weighted by Crippen LogP contribution is 2.34. The Morgan fingerprint density at radius 2 is 2.24 bits per heavy atom. The van der Waals surface area contributed by atoms with Gasteiger partial charge in [0.15, 0.2) is 0 Å². The monoisotopic (exact) mass is 341 g/mol. The third-order valence-corrected chi connectivity index (χ3v) is 4.54. The summed E-state index contributed by atoms with van der Waals surface area (Å²) in [5, 5.41) is 13.1. The van der Waals surface area contributed by atoms with Crippen LogP contribution in [0.5, 0.6) is 0 Å². The number of aromatic nitrogens is 2. The van der Waals surface area contributed by atoms with E-state index in [-0.39, 0.29) is 12.5 Å². The number of rotatable bonds is 7. The number of carboxylic acids is 1. The summed E-state index contributed by atoms with van der Waals surface area (Å²) in [6, 6.07) is 8.36. The molecule has 0 spiro atoms. The van der Waals surface area contributed by atoms with Crippen molar-refractivity contribution in [3.8, 4) is 0 Å². The molecule has 1 N–H and O–H groups in total. The van der Waals surface area contributed by atoms with Crippen molar-refractivity contribution in [1.82, 2.24) is 9.55 Å². The van der Waals surface area contributed by atoms with E-state index in [1.54, 1.807) is 6.20 Å². The van der Waals surface area contributed by atoms with Crippen LogP contribution in [0.25, 0.3) is 0 Å². The molecule has 2 aromatic rings. The van der Waals surface area contributed by atoms with Gasteiger partial charge in [-0.3, -0.25) is 4.79 Å². The van der Waals surface area contributed by atoms with Gasteiger partial charge in [-0.15, -0.1) is 0 Å². The number of aliphatic carboxylic acids is 1. The molecule has 1 heterocycles. The summed E-state index contributed by atoms with van der Waals surface area (Å²) in [7, 11) is 0. The summed E-state index contributed by atoms with van der Waals surface area (Å²) in [6.07, 6.45) is 7.97. The molecule has 6 nitrogen and oxygen atoms in total. The fraction of sp³-hybridized carbons (Fsp3) is 0.421. The lowest BCUT2D eigenvalue weighted by Gasteiger charge is -2.32. The molecule has 25 heavy (non-hydrogen) atoms. The predicted octanol–water partition coefficient (Wildman–Crippen LogP) is 3.29. The van der Waals surface area contributed by atoms with Crippen LogP contribution < -0.4 is 0 Å². The van der Waals surface area contributed by atoms with Gasteiger partial charge in [0.25, 0.3) is 0 Å². The Morgan fingerprint density at radius 3 is 3.00 bits per heavy atom. The molecule has 0 amide bonds. The van der Waals surface area contributed by atoms with Gasteiger partial charge in [-0.05, 0) is 30.7 Å². The van der Waals surface area contributed by atoms with E-state index in [0.717, 1.165) is 17.7 Å². The van der Waals surface area contributed by atoms with E-state index in [1.807, 2.05) is 24.7 Å². The van der Waals surface area contributed by atoms with E-state index in [0.29, 0.717) is 25.4 Å². The van der Waals surface area contributed by atoms with Crippen molar-refractivity contribution in [1.29, 1.82) is 0 Å². The van der Waals surface area contributed by atoms with Gasteiger partial charge in [-0.25, -0.2) is 4.98 Å². The molecular formula is C19H23N3O3. The molecule has 3 rings (SSSR count). The van der Waals surface area contributed by atoms with Gasteiger partial charge in [0, 0.05) is 24.4 Å². The summed E-state index contributed by atoms with van der Waals surface area (Å²) in [5.74, 6) is -0.403. The maximum atomic E-state index is 10.6. The first-order valence-corrected chi connectivity index (χ1v) is 8.64. The number of nitrogens with zero attached hydrogens (tertiary/aromatic N) is 3. The lowest BCUT2D eigenvalue weighted by atomic mass is 9.79. The molecule has 132 valence electrons. The zero-order chi connectivity index (χ0) is 17.6. The Hall–Kier alpha value is -2.63. The van der Waals surface area contributed by atoms with Crippen molar-refractivity contribution in [2.75, 3.05) is 6.61 Å². The summed E-state index contributed by atoms with van der Waals surface area (Å²) >= 11 is 0. The van der Waals surface area contributed by atoms with Crippen molar-refractivity contribution in [3.63, 3.8) is 0 Å². The van der Waals surface area contributed by atoms with Crippen LogP contribution in [-0.2, 0) is 16.1 Å². The number of imidazole rings is 1. The largest absolute Gasteiger partial charge is 0.481 e. The van der Waals surface area contributed by atoms with Crippen LogP contribution in [0.2, 0.25) is 0 Å². The molecule has 1 aromatic heterocycles. The number of hydrogen-bond acceptors (Lipinski definition) is 4. The molecule has 0 fully saturated rings. The van der Waals surface area contributed by atoms with Gasteiger partial charge in [0.1, 0.15) is 12.3 Å². The molecule has 0 saturated carbocycles. The molecule has 1 aliphatic rings. The first-order valence-electron chi connectivity index (χ1n) is 8.64. The SMILES string of the molecule is CC1Cc2ccccc2/C(=N\OCCCCC(=O)O)C1n1ccnc1. The molecule has 0 bridgehead atoms. The van der Waals surface area contributed by atoms with Crippen molar-refractivity contribution >= 4 is 11.7 Å². The van der Waals surface area contributed by atoms with E-state index in [1.165, 1.54) is 5.56 Å². The number of hydrogen-bond donors (Lipinski definition) is 1. The van der Waals surface area contributed by atoms with Crippen molar-refractivity contribution in [3.05, 3.63) is 54.1 Å². The second kappa shape index (κ2) is 7.96. The van der Waals surface area contributed by atoms with Gasteiger partial charge in [0.05, 0.1) is 12.4 Å². The molecule has 1 aromatic carbocycles. The Bertz CT molecular complexity index is 740. The third-order valence-electron chi connectivity index (χ3n) is 4.54. The number of fused-ring (bicyclic) bond motifs is 1. The van der Waals surface area contributed by atoms with E-state index in [9.17, 15) is 4.79 Å². The minimum absolute atomic E-state index is 0.0800. The van der Waals surface area contributed by atoms with Crippen LogP contribution in [0.15, 0.2) is 48.1 Å². The predicted molar refractivity (Wildman–Crippen MR) is 94.5 cm³/mol. The quantitative estimate of drug-likeness (QED) is 0.619. The normalized spacial score (nSPS) is 21.1. The van der Waals surface area contributed by atoms with Crippen molar-refractivity contribution < 1.29 is 14.7 Å². The minimum Gasteiger partial charge on any atom is -0.481 e. The lowest BCUT2D eigenvalue weighted by Crippen LogP contribution is -2.32.